The summed E-state index contributed by atoms with van der Waals surface area (Å²) in [5, 5.41) is 2.69. The zero-order chi connectivity index (χ0) is 16.2. The Kier molecular flexibility index (Phi) is 5.13. The average Bonchev–Trinajstić information content (AvgIpc) is 2.52. The van der Waals surface area contributed by atoms with Crippen molar-refractivity contribution < 1.29 is 18.7 Å². The molecule has 1 heterocycles. The van der Waals surface area contributed by atoms with E-state index < -0.39 is 11.9 Å². The van der Waals surface area contributed by atoms with Crippen LogP contribution in [0.15, 0.2) is 18.2 Å². The fourth-order valence-electron chi connectivity index (χ4n) is 2.86. The van der Waals surface area contributed by atoms with Gasteiger partial charge in [0, 0.05) is 25.0 Å². The van der Waals surface area contributed by atoms with Gasteiger partial charge in [-0.2, -0.15) is 0 Å². The number of nitrogens with two attached hydrogens (primary N) is 1. The second-order valence-electron chi connectivity index (χ2n) is 6.28. The van der Waals surface area contributed by atoms with Crippen LogP contribution in [-0.4, -0.2) is 31.3 Å². The molecule has 5 nitrogen and oxygen atoms in total. The first-order chi connectivity index (χ1) is 11.1. The van der Waals surface area contributed by atoms with Crippen molar-refractivity contribution >= 4 is 11.6 Å². The molecule has 1 saturated heterocycles. The van der Waals surface area contributed by atoms with Crippen LogP contribution in [-0.2, 0) is 9.53 Å². The quantitative estimate of drug-likeness (QED) is 0.873. The molecule has 6 heteroatoms. The Labute approximate surface area is 135 Å². The molecule has 1 unspecified atom stereocenters. The summed E-state index contributed by atoms with van der Waals surface area (Å²) in [4.78, 5) is 12.2. The van der Waals surface area contributed by atoms with E-state index in [4.69, 9.17) is 15.2 Å². The Morgan fingerprint density at radius 2 is 2.04 bits per heavy atom. The van der Waals surface area contributed by atoms with Crippen molar-refractivity contribution in [2.24, 2.45) is 11.7 Å². The van der Waals surface area contributed by atoms with Crippen LogP contribution in [0.25, 0.3) is 0 Å². The Hall–Kier alpha value is -1.66. The molecular formula is C17H23FN2O3. The van der Waals surface area contributed by atoms with Gasteiger partial charge in [0.05, 0.1) is 12.1 Å². The first kappa shape index (κ1) is 16.2. The molecule has 3 rings (SSSR count). The van der Waals surface area contributed by atoms with E-state index >= 15 is 0 Å². The minimum Gasteiger partial charge on any atom is -0.487 e. The van der Waals surface area contributed by atoms with Gasteiger partial charge in [-0.1, -0.05) is 0 Å². The van der Waals surface area contributed by atoms with Gasteiger partial charge < -0.3 is 20.5 Å². The number of hydrogen-bond donors (Lipinski definition) is 2. The fraction of sp³-hybridized carbons (Fsp3) is 0.588. The molecule has 3 N–H and O–H groups in total. The summed E-state index contributed by atoms with van der Waals surface area (Å²) in [6.07, 6.45) is 4.74. The van der Waals surface area contributed by atoms with Crippen LogP contribution in [0.3, 0.4) is 0 Å². The van der Waals surface area contributed by atoms with Crippen molar-refractivity contribution in [3.63, 3.8) is 0 Å². The molecule has 1 amide bonds. The maximum atomic E-state index is 14.1. The summed E-state index contributed by atoms with van der Waals surface area (Å²) in [6, 6.07) is 3.88. The van der Waals surface area contributed by atoms with Gasteiger partial charge in [0.15, 0.2) is 11.6 Å². The third-order valence-electron chi connectivity index (χ3n) is 4.62. The number of benzene rings is 1. The smallest absolute Gasteiger partial charge is 0.241 e. The number of anilines is 1. The number of nitrogens with one attached hydrogen (secondary N) is 1. The van der Waals surface area contributed by atoms with Gasteiger partial charge in [-0.05, 0) is 50.2 Å². The van der Waals surface area contributed by atoms with Gasteiger partial charge in [0.1, 0.15) is 0 Å². The minimum atomic E-state index is -0.604. The first-order valence-corrected chi connectivity index (χ1v) is 8.24. The molecule has 0 radical (unpaired) electrons. The van der Waals surface area contributed by atoms with Crippen LogP contribution >= 0.6 is 0 Å². The molecule has 1 aliphatic carbocycles. The van der Waals surface area contributed by atoms with Gasteiger partial charge in [0.25, 0.3) is 0 Å². The number of halogens is 1. The van der Waals surface area contributed by atoms with Crippen molar-refractivity contribution in [1.29, 1.82) is 0 Å². The predicted octanol–water partition coefficient (Wildman–Crippen LogP) is 2.45. The molecule has 1 aliphatic heterocycles. The lowest BCUT2D eigenvalue weighted by molar-refractivity contribution is -0.119. The highest BCUT2D eigenvalue weighted by Gasteiger charge is 2.27. The molecule has 0 bridgehead atoms. The Bertz CT molecular complexity index is 557. The van der Waals surface area contributed by atoms with Crippen LogP contribution in [0, 0.1) is 11.7 Å². The van der Waals surface area contributed by atoms with Crippen LogP contribution in [0.2, 0.25) is 0 Å². The average molecular weight is 322 g/mol. The highest BCUT2D eigenvalue weighted by atomic mass is 19.1. The number of amides is 1. The van der Waals surface area contributed by atoms with E-state index in [9.17, 15) is 9.18 Å². The van der Waals surface area contributed by atoms with Crippen molar-refractivity contribution in [2.45, 2.75) is 44.2 Å². The molecule has 1 atom stereocenters. The SMILES string of the molecule is NC(C(=O)Nc1ccc(OC2CCC2)c(F)c1)C1CCOCC1. The molecule has 1 aromatic rings. The Morgan fingerprint density at radius 3 is 2.65 bits per heavy atom. The van der Waals surface area contributed by atoms with E-state index in [1.165, 1.54) is 6.07 Å². The van der Waals surface area contributed by atoms with Crippen molar-refractivity contribution in [3.05, 3.63) is 24.0 Å². The second-order valence-corrected chi connectivity index (χ2v) is 6.28. The zero-order valence-electron chi connectivity index (χ0n) is 13.1. The molecule has 2 fully saturated rings. The maximum absolute atomic E-state index is 14.1. The van der Waals surface area contributed by atoms with E-state index in [0.717, 1.165) is 32.1 Å². The van der Waals surface area contributed by atoms with Gasteiger partial charge >= 0.3 is 0 Å². The summed E-state index contributed by atoms with van der Waals surface area (Å²) in [5.41, 5.74) is 6.41. The number of carbonyl (C=O) groups excluding carboxylic acids is 1. The van der Waals surface area contributed by atoms with E-state index in [-0.39, 0.29) is 23.7 Å². The summed E-state index contributed by atoms with van der Waals surface area (Å²) >= 11 is 0. The van der Waals surface area contributed by atoms with Crippen molar-refractivity contribution in [2.75, 3.05) is 18.5 Å². The molecule has 0 spiro atoms. The Balaban J connectivity index is 1.58. The molecule has 23 heavy (non-hydrogen) atoms. The standard InChI is InChI=1S/C17H23FN2O3/c18-14-10-12(4-5-15(14)23-13-2-1-3-13)20-17(21)16(19)11-6-8-22-9-7-11/h4-5,10-11,13,16H,1-3,6-9,19H2,(H,20,21). The molecule has 126 valence electrons. The topological polar surface area (TPSA) is 73.6 Å². The van der Waals surface area contributed by atoms with E-state index in [1.54, 1.807) is 12.1 Å². The summed E-state index contributed by atoms with van der Waals surface area (Å²) in [7, 11) is 0. The minimum absolute atomic E-state index is 0.106. The second kappa shape index (κ2) is 7.27. The summed E-state index contributed by atoms with van der Waals surface area (Å²) in [6.45, 7) is 1.26. The van der Waals surface area contributed by atoms with Gasteiger partial charge in [-0.25, -0.2) is 4.39 Å². The van der Waals surface area contributed by atoms with Crippen molar-refractivity contribution in [1.82, 2.24) is 0 Å². The lowest BCUT2D eigenvalue weighted by Crippen LogP contribution is -2.44. The summed E-state index contributed by atoms with van der Waals surface area (Å²) in [5.74, 6) is -0.408. The number of rotatable bonds is 5. The molecule has 1 saturated carbocycles. The van der Waals surface area contributed by atoms with Crippen LogP contribution in [0.5, 0.6) is 5.75 Å². The number of hydrogen-bond acceptors (Lipinski definition) is 4. The lowest BCUT2D eigenvalue weighted by Gasteiger charge is -2.27. The summed E-state index contributed by atoms with van der Waals surface area (Å²) < 4.78 is 24.9. The number of ether oxygens (including phenoxy) is 2. The first-order valence-electron chi connectivity index (χ1n) is 8.24. The molecule has 2 aliphatic rings. The molecular weight excluding hydrogens is 299 g/mol. The molecule has 0 aromatic heterocycles. The normalized spacial score (nSPS) is 20.6. The zero-order valence-corrected chi connectivity index (χ0v) is 13.1. The van der Waals surface area contributed by atoms with E-state index in [1.807, 2.05) is 0 Å². The highest BCUT2D eigenvalue weighted by Crippen LogP contribution is 2.28. The predicted molar refractivity (Wildman–Crippen MR) is 84.8 cm³/mol. The van der Waals surface area contributed by atoms with Crippen molar-refractivity contribution in [3.8, 4) is 5.75 Å². The van der Waals surface area contributed by atoms with Gasteiger partial charge in [0.2, 0.25) is 5.91 Å². The van der Waals surface area contributed by atoms with E-state index in [0.29, 0.717) is 18.9 Å². The number of carbonyl (C=O) groups is 1. The van der Waals surface area contributed by atoms with Crippen LogP contribution in [0.4, 0.5) is 10.1 Å². The third-order valence-corrected chi connectivity index (χ3v) is 4.62. The van der Waals surface area contributed by atoms with Gasteiger partial charge in [-0.3, -0.25) is 4.79 Å². The van der Waals surface area contributed by atoms with Crippen LogP contribution in [0.1, 0.15) is 32.1 Å². The lowest BCUT2D eigenvalue weighted by atomic mass is 9.92. The molecule has 1 aromatic carbocycles. The fourth-order valence-corrected chi connectivity index (χ4v) is 2.86. The van der Waals surface area contributed by atoms with Crippen LogP contribution < -0.4 is 15.8 Å². The monoisotopic (exact) mass is 322 g/mol. The maximum Gasteiger partial charge on any atom is 0.241 e. The van der Waals surface area contributed by atoms with Gasteiger partial charge in [-0.15, -0.1) is 0 Å². The highest BCUT2D eigenvalue weighted by molar-refractivity contribution is 5.94. The van der Waals surface area contributed by atoms with E-state index in [2.05, 4.69) is 5.32 Å². The Morgan fingerprint density at radius 1 is 1.30 bits per heavy atom. The third kappa shape index (κ3) is 4.00. The largest absolute Gasteiger partial charge is 0.487 e.